The summed E-state index contributed by atoms with van der Waals surface area (Å²) in [6.07, 6.45) is 1.76. The first-order valence-corrected chi connectivity index (χ1v) is 9.49. The summed E-state index contributed by atoms with van der Waals surface area (Å²) in [4.78, 5) is 10.8. The molecule has 1 rings (SSSR count). The quantitative estimate of drug-likeness (QED) is 0.628. The van der Waals surface area contributed by atoms with Gasteiger partial charge in [-0.1, -0.05) is 19.6 Å². The van der Waals surface area contributed by atoms with E-state index in [4.69, 9.17) is 9.84 Å². The molecule has 0 amide bonds. The Hall–Kier alpha value is -1.07. The van der Waals surface area contributed by atoms with Crippen LogP contribution in [0.4, 0.5) is 0 Å². The van der Waals surface area contributed by atoms with Crippen molar-refractivity contribution in [3.63, 3.8) is 0 Å². The molecule has 1 N–H and O–H groups in total. The van der Waals surface area contributed by atoms with Gasteiger partial charge in [0.1, 0.15) is 6.73 Å². The SMILES string of the molecule is Cc1c(C(=O)O)ccn1COCC[Si](C)(C)C. The van der Waals surface area contributed by atoms with Gasteiger partial charge < -0.3 is 14.4 Å². The second kappa shape index (κ2) is 5.51. The van der Waals surface area contributed by atoms with Crippen LogP contribution in [-0.2, 0) is 11.5 Å². The maximum absolute atomic E-state index is 10.8. The monoisotopic (exact) mass is 255 g/mol. The number of hydrogen-bond donors (Lipinski definition) is 1. The fourth-order valence-corrected chi connectivity index (χ4v) is 2.22. The Kier molecular flexibility index (Phi) is 4.53. The zero-order valence-corrected chi connectivity index (χ0v) is 12.0. The maximum Gasteiger partial charge on any atom is 0.337 e. The van der Waals surface area contributed by atoms with E-state index in [2.05, 4.69) is 19.6 Å². The van der Waals surface area contributed by atoms with Gasteiger partial charge in [-0.25, -0.2) is 4.79 Å². The summed E-state index contributed by atoms with van der Waals surface area (Å²) in [5.41, 5.74) is 1.09. The molecular formula is C12H21NO3Si. The van der Waals surface area contributed by atoms with E-state index in [9.17, 15) is 4.79 Å². The van der Waals surface area contributed by atoms with Gasteiger partial charge in [-0.2, -0.15) is 0 Å². The number of carboxylic acids is 1. The van der Waals surface area contributed by atoms with Gasteiger partial charge in [-0.15, -0.1) is 0 Å². The van der Waals surface area contributed by atoms with E-state index in [-0.39, 0.29) is 0 Å². The minimum Gasteiger partial charge on any atom is -0.478 e. The number of hydrogen-bond acceptors (Lipinski definition) is 2. The van der Waals surface area contributed by atoms with Gasteiger partial charge >= 0.3 is 5.97 Å². The molecule has 96 valence electrons. The molecule has 0 saturated carbocycles. The normalized spacial score (nSPS) is 11.8. The summed E-state index contributed by atoms with van der Waals surface area (Å²) in [6, 6.07) is 2.73. The number of nitrogens with zero attached hydrogens (tertiary/aromatic N) is 1. The molecule has 0 radical (unpaired) electrons. The van der Waals surface area contributed by atoms with Gasteiger partial charge in [0.05, 0.1) is 5.56 Å². The molecular weight excluding hydrogens is 234 g/mol. The fraction of sp³-hybridized carbons (Fsp3) is 0.583. The predicted octanol–water partition coefficient (Wildman–Crippen LogP) is 2.81. The third-order valence-corrected chi connectivity index (χ3v) is 4.40. The van der Waals surface area contributed by atoms with Crippen LogP contribution in [0.2, 0.25) is 25.7 Å². The highest BCUT2D eigenvalue weighted by molar-refractivity contribution is 6.76. The van der Waals surface area contributed by atoms with Crippen LogP contribution in [0.1, 0.15) is 16.1 Å². The minimum absolute atomic E-state index is 0.346. The highest BCUT2D eigenvalue weighted by Crippen LogP contribution is 2.11. The Bertz CT molecular complexity index is 393. The van der Waals surface area contributed by atoms with E-state index < -0.39 is 14.0 Å². The van der Waals surface area contributed by atoms with Crippen LogP contribution in [0.25, 0.3) is 0 Å². The molecule has 5 heteroatoms. The Morgan fingerprint density at radius 3 is 2.59 bits per heavy atom. The van der Waals surface area contributed by atoms with Crippen LogP contribution < -0.4 is 0 Å². The third kappa shape index (κ3) is 4.36. The standard InChI is InChI=1S/C12H21NO3Si/c1-10-11(12(14)15)5-6-13(10)9-16-7-8-17(2,3)4/h5-6H,7-9H2,1-4H3,(H,14,15). The van der Waals surface area contributed by atoms with Crippen LogP contribution in [0.15, 0.2) is 12.3 Å². The smallest absolute Gasteiger partial charge is 0.337 e. The fourth-order valence-electron chi connectivity index (χ4n) is 1.46. The van der Waals surface area contributed by atoms with Crippen molar-refractivity contribution in [2.75, 3.05) is 6.61 Å². The van der Waals surface area contributed by atoms with Gasteiger partial charge in [0, 0.05) is 26.6 Å². The summed E-state index contributed by atoms with van der Waals surface area (Å²) in [6.45, 7) is 9.89. The summed E-state index contributed by atoms with van der Waals surface area (Å²) >= 11 is 0. The molecule has 0 aliphatic carbocycles. The summed E-state index contributed by atoms with van der Waals surface area (Å²) in [5.74, 6) is -0.886. The average molecular weight is 255 g/mol. The number of carbonyl (C=O) groups is 1. The predicted molar refractivity (Wildman–Crippen MR) is 70.2 cm³/mol. The van der Waals surface area contributed by atoms with Crippen molar-refractivity contribution in [1.29, 1.82) is 0 Å². The molecule has 0 aliphatic rings. The maximum atomic E-state index is 10.8. The van der Waals surface area contributed by atoms with E-state index in [1.165, 1.54) is 0 Å². The molecule has 0 aliphatic heterocycles. The number of rotatable bonds is 6. The van der Waals surface area contributed by atoms with E-state index in [0.29, 0.717) is 12.3 Å². The molecule has 1 aromatic rings. The Balaban J connectivity index is 2.45. The molecule has 17 heavy (non-hydrogen) atoms. The van der Waals surface area contributed by atoms with Crippen molar-refractivity contribution in [3.05, 3.63) is 23.5 Å². The van der Waals surface area contributed by atoms with Gasteiger partial charge in [0.25, 0.3) is 0 Å². The Morgan fingerprint density at radius 1 is 1.47 bits per heavy atom. The topological polar surface area (TPSA) is 51.5 Å². The first-order valence-electron chi connectivity index (χ1n) is 5.78. The molecule has 4 nitrogen and oxygen atoms in total. The molecule has 0 spiro atoms. The van der Waals surface area contributed by atoms with Crippen molar-refractivity contribution in [1.82, 2.24) is 4.57 Å². The van der Waals surface area contributed by atoms with Crippen LogP contribution in [-0.4, -0.2) is 30.3 Å². The summed E-state index contributed by atoms with van der Waals surface area (Å²) < 4.78 is 7.40. The van der Waals surface area contributed by atoms with Gasteiger partial charge in [0.15, 0.2) is 0 Å². The Morgan fingerprint density at radius 2 is 2.12 bits per heavy atom. The van der Waals surface area contributed by atoms with Crippen LogP contribution in [0.5, 0.6) is 0 Å². The molecule has 1 aromatic heterocycles. The molecule has 1 heterocycles. The molecule has 0 saturated heterocycles. The van der Waals surface area contributed by atoms with E-state index in [1.807, 2.05) is 4.57 Å². The highest BCUT2D eigenvalue weighted by atomic mass is 28.3. The molecule has 0 fully saturated rings. The van der Waals surface area contributed by atoms with Crippen LogP contribution in [0, 0.1) is 6.92 Å². The first-order chi connectivity index (χ1) is 7.81. The number of ether oxygens (including phenoxy) is 1. The first kappa shape index (κ1) is 14.0. The van der Waals surface area contributed by atoms with Gasteiger partial charge in [0.2, 0.25) is 0 Å². The lowest BCUT2D eigenvalue weighted by Crippen LogP contribution is -2.22. The lowest BCUT2D eigenvalue weighted by atomic mass is 10.3. The van der Waals surface area contributed by atoms with E-state index in [0.717, 1.165) is 18.3 Å². The average Bonchev–Trinajstić information content (AvgIpc) is 2.53. The molecule has 0 aromatic carbocycles. The van der Waals surface area contributed by atoms with Crippen molar-refractivity contribution < 1.29 is 14.6 Å². The molecule has 0 unspecified atom stereocenters. The second-order valence-corrected chi connectivity index (χ2v) is 11.1. The molecule has 0 bridgehead atoms. The number of aromatic nitrogens is 1. The van der Waals surface area contributed by atoms with Crippen molar-refractivity contribution in [3.8, 4) is 0 Å². The zero-order chi connectivity index (χ0) is 13.1. The van der Waals surface area contributed by atoms with Crippen LogP contribution in [0.3, 0.4) is 0 Å². The van der Waals surface area contributed by atoms with Crippen LogP contribution >= 0.6 is 0 Å². The summed E-state index contributed by atoms with van der Waals surface area (Å²) in [7, 11) is -1.05. The van der Waals surface area contributed by atoms with E-state index >= 15 is 0 Å². The summed E-state index contributed by atoms with van der Waals surface area (Å²) in [5, 5.41) is 8.91. The van der Waals surface area contributed by atoms with E-state index in [1.54, 1.807) is 19.2 Å². The van der Waals surface area contributed by atoms with Crippen molar-refractivity contribution in [2.45, 2.75) is 39.3 Å². The number of carboxylic acid groups (broad SMARTS) is 1. The van der Waals surface area contributed by atoms with Gasteiger partial charge in [-0.3, -0.25) is 0 Å². The third-order valence-electron chi connectivity index (χ3n) is 2.70. The second-order valence-electron chi connectivity index (χ2n) is 5.44. The lowest BCUT2D eigenvalue weighted by Gasteiger charge is -2.16. The van der Waals surface area contributed by atoms with Crippen molar-refractivity contribution >= 4 is 14.0 Å². The highest BCUT2D eigenvalue weighted by Gasteiger charge is 2.13. The molecule has 0 atom stereocenters. The van der Waals surface area contributed by atoms with Gasteiger partial charge in [-0.05, 0) is 19.0 Å². The van der Waals surface area contributed by atoms with Crippen molar-refractivity contribution in [2.24, 2.45) is 0 Å². The minimum atomic E-state index is -1.05. The lowest BCUT2D eigenvalue weighted by molar-refractivity contribution is 0.0692. The number of aromatic carboxylic acids is 1. The Labute approximate surface area is 103 Å². The zero-order valence-electron chi connectivity index (χ0n) is 11.0. The largest absolute Gasteiger partial charge is 0.478 e.